The molecule has 0 N–H and O–H groups in total. The molecule has 0 heterocycles. The number of halogens is 1. The van der Waals surface area contributed by atoms with Gasteiger partial charge in [0.05, 0.1) is 12.1 Å². The molecule has 2 heteroatoms. The van der Waals surface area contributed by atoms with Gasteiger partial charge in [0, 0.05) is 0 Å². The molecule has 0 saturated heterocycles. The highest BCUT2D eigenvalue weighted by Crippen LogP contribution is 2.31. The summed E-state index contributed by atoms with van der Waals surface area (Å²) in [4.78, 5) is 0. The summed E-state index contributed by atoms with van der Waals surface area (Å²) in [5.41, 5.74) is 2.34. The van der Waals surface area contributed by atoms with Gasteiger partial charge in [-0.05, 0) is 30.0 Å². The Morgan fingerprint density at radius 1 is 1.31 bits per heavy atom. The molecule has 13 heavy (non-hydrogen) atoms. The topological polar surface area (TPSA) is 9.23 Å². The van der Waals surface area contributed by atoms with Crippen molar-refractivity contribution in [3.05, 3.63) is 28.3 Å². The first-order valence-electron chi connectivity index (χ1n) is 4.40. The normalized spacial score (nSPS) is 10.6. The molecule has 0 amide bonds. The maximum Gasteiger partial charge on any atom is 0.138 e. The van der Waals surface area contributed by atoms with Crippen LogP contribution < -0.4 is 4.74 Å². The van der Waals surface area contributed by atoms with Crippen LogP contribution in [0, 0.1) is 6.92 Å². The Hall–Kier alpha value is -0.690. The average molecular weight is 199 g/mol. The van der Waals surface area contributed by atoms with E-state index < -0.39 is 0 Å². The van der Waals surface area contributed by atoms with Crippen molar-refractivity contribution < 1.29 is 4.74 Å². The molecule has 0 aromatic heterocycles. The van der Waals surface area contributed by atoms with Crippen molar-refractivity contribution in [3.8, 4) is 5.75 Å². The van der Waals surface area contributed by atoms with Crippen LogP contribution in [-0.2, 0) is 0 Å². The van der Waals surface area contributed by atoms with Crippen molar-refractivity contribution in [2.24, 2.45) is 0 Å². The Kier molecular flexibility index (Phi) is 3.21. The van der Waals surface area contributed by atoms with Crippen molar-refractivity contribution in [2.75, 3.05) is 7.11 Å². The Labute approximate surface area is 84.7 Å². The van der Waals surface area contributed by atoms with E-state index in [4.69, 9.17) is 16.3 Å². The minimum Gasteiger partial charge on any atom is -0.495 e. The number of methoxy groups -OCH3 is 1. The highest BCUT2D eigenvalue weighted by atomic mass is 35.5. The van der Waals surface area contributed by atoms with Crippen LogP contribution in [0.4, 0.5) is 0 Å². The highest BCUT2D eigenvalue weighted by Gasteiger charge is 2.08. The average Bonchev–Trinajstić information content (AvgIpc) is 2.09. The quantitative estimate of drug-likeness (QED) is 0.703. The monoisotopic (exact) mass is 198 g/mol. The predicted molar refractivity (Wildman–Crippen MR) is 56.8 cm³/mol. The minimum atomic E-state index is 0.505. The van der Waals surface area contributed by atoms with Gasteiger partial charge in [-0.25, -0.2) is 0 Å². The lowest BCUT2D eigenvalue weighted by molar-refractivity contribution is 0.414. The van der Waals surface area contributed by atoms with E-state index in [9.17, 15) is 0 Å². The molecule has 0 saturated carbocycles. The molecule has 1 aromatic rings. The Bertz CT molecular complexity index is 305. The van der Waals surface area contributed by atoms with Gasteiger partial charge in [0.25, 0.3) is 0 Å². The fourth-order valence-corrected chi connectivity index (χ4v) is 1.43. The summed E-state index contributed by atoms with van der Waals surface area (Å²) >= 11 is 6.05. The third-order valence-electron chi connectivity index (χ3n) is 2.13. The van der Waals surface area contributed by atoms with Crippen molar-refractivity contribution in [3.63, 3.8) is 0 Å². The molecule has 0 aliphatic heterocycles. The highest BCUT2D eigenvalue weighted by molar-refractivity contribution is 6.32. The summed E-state index contributed by atoms with van der Waals surface area (Å²) in [5, 5.41) is 0.715. The minimum absolute atomic E-state index is 0.505. The van der Waals surface area contributed by atoms with Crippen molar-refractivity contribution in [1.29, 1.82) is 0 Å². The molecule has 0 spiro atoms. The lowest BCUT2D eigenvalue weighted by Crippen LogP contribution is -1.93. The van der Waals surface area contributed by atoms with Gasteiger partial charge in [0.15, 0.2) is 0 Å². The first-order chi connectivity index (χ1) is 6.06. The molecule has 0 unspecified atom stereocenters. The molecular weight excluding hydrogens is 184 g/mol. The summed E-state index contributed by atoms with van der Waals surface area (Å²) in [6.45, 7) is 6.31. The molecule has 0 aliphatic carbocycles. The van der Waals surface area contributed by atoms with Crippen LogP contribution >= 0.6 is 11.6 Å². The zero-order valence-corrected chi connectivity index (χ0v) is 9.27. The van der Waals surface area contributed by atoms with E-state index in [0.717, 1.165) is 11.3 Å². The van der Waals surface area contributed by atoms with Crippen LogP contribution in [0.3, 0.4) is 0 Å². The van der Waals surface area contributed by atoms with Gasteiger partial charge in [-0.2, -0.15) is 0 Å². The van der Waals surface area contributed by atoms with Gasteiger partial charge >= 0.3 is 0 Å². The number of ether oxygens (including phenoxy) is 1. The summed E-state index contributed by atoms with van der Waals surface area (Å²) in [7, 11) is 1.64. The second kappa shape index (κ2) is 4.01. The van der Waals surface area contributed by atoms with Crippen LogP contribution in [-0.4, -0.2) is 7.11 Å². The fourth-order valence-electron chi connectivity index (χ4n) is 1.25. The number of hydrogen-bond acceptors (Lipinski definition) is 1. The number of benzene rings is 1. The molecule has 1 nitrogen and oxygen atoms in total. The Morgan fingerprint density at radius 2 is 1.92 bits per heavy atom. The van der Waals surface area contributed by atoms with Crippen LogP contribution in [0.15, 0.2) is 12.1 Å². The van der Waals surface area contributed by atoms with E-state index in [1.807, 2.05) is 13.0 Å². The largest absolute Gasteiger partial charge is 0.495 e. The second-order valence-corrected chi connectivity index (χ2v) is 3.89. The van der Waals surface area contributed by atoms with Crippen molar-refractivity contribution >= 4 is 11.6 Å². The first-order valence-corrected chi connectivity index (χ1v) is 4.78. The number of aryl methyl sites for hydroxylation is 1. The molecule has 0 radical (unpaired) electrons. The molecular formula is C11H15ClO. The molecule has 0 fully saturated rings. The zero-order valence-electron chi connectivity index (χ0n) is 8.52. The first kappa shape index (κ1) is 10.4. The zero-order chi connectivity index (χ0) is 10.0. The molecule has 1 aromatic carbocycles. The maximum atomic E-state index is 6.05. The van der Waals surface area contributed by atoms with Crippen molar-refractivity contribution in [2.45, 2.75) is 26.7 Å². The van der Waals surface area contributed by atoms with E-state index in [-0.39, 0.29) is 0 Å². The summed E-state index contributed by atoms with van der Waals surface area (Å²) in [6, 6.07) is 4.11. The van der Waals surface area contributed by atoms with Gasteiger partial charge in [-0.15, -0.1) is 0 Å². The van der Waals surface area contributed by atoms with Gasteiger partial charge in [-0.3, -0.25) is 0 Å². The smallest absolute Gasteiger partial charge is 0.138 e. The summed E-state index contributed by atoms with van der Waals surface area (Å²) < 4.78 is 5.18. The Morgan fingerprint density at radius 3 is 2.38 bits per heavy atom. The van der Waals surface area contributed by atoms with Gasteiger partial charge < -0.3 is 4.74 Å². The van der Waals surface area contributed by atoms with Gasteiger partial charge in [0.2, 0.25) is 0 Å². The van der Waals surface area contributed by atoms with Gasteiger partial charge in [-0.1, -0.05) is 31.5 Å². The number of hydrogen-bond donors (Lipinski definition) is 0. The van der Waals surface area contributed by atoms with Crippen LogP contribution in [0.25, 0.3) is 0 Å². The molecule has 0 bridgehead atoms. The lowest BCUT2D eigenvalue weighted by atomic mass is 10.0. The van der Waals surface area contributed by atoms with Crippen LogP contribution in [0.1, 0.15) is 30.9 Å². The predicted octanol–water partition coefficient (Wildman–Crippen LogP) is 3.78. The standard InChI is InChI=1S/C11H15ClO/c1-7(2)9-5-8(3)11(12)10(6-9)13-4/h5-7H,1-4H3. The molecule has 1 rings (SSSR count). The van der Waals surface area contributed by atoms with Crippen LogP contribution in [0.2, 0.25) is 5.02 Å². The third-order valence-corrected chi connectivity index (χ3v) is 2.61. The Balaban J connectivity index is 3.22. The number of rotatable bonds is 2. The van der Waals surface area contributed by atoms with E-state index >= 15 is 0 Å². The summed E-state index contributed by atoms with van der Waals surface area (Å²) in [5.74, 6) is 1.27. The SMILES string of the molecule is COc1cc(C(C)C)cc(C)c1Cl. The van der Waals surface area contributed by atoms with Gasteiger partial charge in [0.1, 0.15) is 5.75 Å². The van der Waals surface area contributed by atoms with E-state index in [0.29, 0.717) is 10.9 Å². The van der Waals surface area contributed by atoms with E-state index in [1.165, 1.54) is 5.56 Å². The lowest BCUT2D eigenvalue weighted by Gasteiger charge is -2.11. The molecule has 72 valence electrons. The molecule has 0 aliphatic rings. The third kappa shape index (κ3) is 2.16. The maximum absolute atomic E-state index is 6.05. The van der Waals surface area contributed by atoms with E-state index in [2.05, 4.69) is 19.9 Å². The fraction of sp³-hybridized carbons (Fsp3) is 0.455. The molecule has 0 atom stereocenters. The van der Waals surface area contributed by atoms with Crippen molar-refractivity contribution in [1.82, 2.24) is 0 Å². The van der Waals surface area contributed by atoms with E-state index in [1.54, 1.807) is 7.11 Å². The van der Waals surface area contributed by atoms with Crippen LogP contribution in [0.5, 0.6) is 5.75 Å². The summed E-state index contributed by atoms with van der Waals surface area (Å²) in [6.07, 6.45) is 0. The second-order valence-electron chi connectivity index (χ2n) is 3.51.